The van der Waals surface area contributed by atoms with Crippen LogP contribution in [-0.4, -0.2) is 57.2 Å². The minimum Gasteiger partial charge on any atom is -0.480 e. The third kappa shape index (κ3) is 8.94. The normalized spacial score (nSPS) is 13.0. The summed E-state index contributed by atoms with van der Waals surface area (Å²) < 4.78 is 26.6. The second-order valence-electron chi connectivity index (χ2n) is 3.97. The number of carbonyl (C=O) groups is 2. The highest BCUT2D eigenvalue weighted by Crippen LogP contribution is 1.99. The molecule has 0 aromatic rings. The Morgan fingerprint density at radius 3 is 2.44 bits per heavy atom. The Hall–Kier alpha value is -1.15. The van der Waals surface area contributed by atoms with Crippen molar-refractivity contribution in [1.29, 1.82) is 0 Å². The van der Waals surface area contributed by atoms with Crippen molar-refractivity contribution in [3.05, 3.63) is 0 Å². The molecule has 2 N–H and O–H groups in total. The van der Waals surface area contributed by atoms with Crippen LogP contribution in [-0.2, 0) is 24.2 Å². The minimum atomic E-state index is -3.24. The number of sulfone groups is 1. The molecule has 1 amide bonds. The van der Waals surface area contributed by atoms with E-state index in [9.17, 15) is 18.0 Å². The summed E-state index contributed by atoms with van der Waals surface area (Å²) in [6, 6.07) is -1.17. The lowest BCUT2D eigenvalue weighted by molar-refractivity contribution is -0.141. The van der Waals surface area contributed by atoms with Gasteiger partial charge in [0.15, 0.2) is 0 Å². The molecule has 0 fully saturated rings. The van der Waals surface area contributed by atoms with Crippen LogP contribution >= 0.6 is 0 Å². The van der Waals surface area contributed by atoms with Crippen LogP contribution in [0.5, 0.6) is 0 Å². The summed E-state index contributed by atoms with van der Waals surface area (Å²) >= 11 is 0. The second-order valence-corrected chi connectivity index (χ2v) is 6.23. The maximum atomic E-state index is 11.4. The van der Waals surface area contributed by atoms with Gasteiger partial charge in [-0.15, -0.1) is 0 Å². The van der Waals surface area contributed by atoms with Gasteiger partial charge in [-0.1, -0.05) is 0 Å². The van der Waals surface area contributed by atoms with Crippen molar-refractivity contribution in [2.75, 3.05) is 25.7 Å². The van der Waals surface area contributed by atoms with Crippen LogP contribution in [0, 0.1) is 0 Å². The molecule has 0 aliphatic heterocycles. The SMILES string of the molecule is COCCCC(=O)NC(CCS(C)(=O)=O)C(=O)O. The quantitative estimate of drug-likeness (QED) is 0.547. The molecule has 1 unspecified atom stereocenters. The molecule has 0 heterocycles. The first kappa shape index (κ1) is 16.9. The van der Waals surface area contributed by atoms with Gasteiger partial charge >= 0.3 is 5.97 Å². The van der Waals surface area contributed by atoms with E-state index in [0.29, 0.717) is 13.0 Å². The average Bonchev–Trinajstić information content (AvgIpc) is 2.22. The number of nitrogens with one attached hydrogen (secondary N) is 1. The first-order valence-electron chi connectivity index (χ1n) is 5.45. The van der Waals surface area contributed by atoms with E-state index in [4.69, 9.17) is 9.84 Å². The van der Waals surface area contributed by atoms with E-state index in [1.165, 1.54) is 7.11 Å². The van der Waals surface area contributed by atoms with Crippen LogP contribution < -0.4 is 5.32 Å². The molecule has 0 spiro atoms. The molecular weight excluding hydrogens is 262 g/mol. The predicted molar refractivity (Wildman–Crippen MR) is 65.0 cm³/mol. The lowest BCUT2D eigenvalue weighted by atomic mass is 10.2. The Morgan fingerprint density at radius 1 is 1.39 bits per heavy atom. The van der Waals surface area contributed by atoms with Crippen molar-refractivity contribution in [2.24, 2.45) is 0 Å². The van der Waals surface area contributed by atoms with Gasteiger partial charge in [0, 0.05) is 26.4 Å². The van der Waals surface area contributed by atoms with E-state index in [0.717, 1.165) is 6.26 Å². The molecule has 0 aliphatic carbocycles. The maximum Gasteiger partial charge on any atom is 0.326 e. The fourth-order valence-corrected chi connectivity index (χ4v) is 1.90. The molecule has 8 heteroatoms. The van der Waals surface area contributed by atoms with Crippen molar-refractivity contribution < 1.29 is 27.9 Å². The number of carboxylic acid groups (broad SMARTS) is 1. The fraction of sp³-hybridized carbons (Fsp3) is 0.800. The zero-order valence-corrected chi connectivity index (χ0v) is 11.3. The zero-order chi connectivity index (χ0) is 14.2. The molecule has 0 aromatic heterocycles. The van der Waals surface area contributed by atoms with Crippen LogP contribution in [0.4, 0.5) is 0 Å². The number of aliphatic carboxylic acids is 1. The summed E-state index contributed by atoms with van der Waals surface area (Å²) in [5.74, 6) is -1.94. The molecule has 18 heavy (non-hydrogen) atoms. The van der Waals surface area contributed by atoms with Crippen molar-refractivity contribution in [1.82, 2.24) is 5.32 Å². The average molecular weight is 281 g/mol. The number of carbonyl (C=O) groups excluding carboxylic acids is 1. The topological polar surface area (TPSA) is 110 Å². The van der Waals surface area contributed by atoms with Gasteiger partial charge in [-0.3, -0.25) is 4.79 Å². The first-order valence-corrected chi connectivity index (χ1v) is 7.51. The smallest absolute Gasteiger partial charge is 0.326 e. The summed E-state index contributed by atoms with van der Waals surface area (Å²) in [7, 11) is -1.74. The molecule has 0 aliphatic rings. The monoisotopic (exact) mass is 281 g/mol. The van der Waals surface area contributed by atoms with Crippen LogP contribution in [0.1, 0.15) is 19.3 Å². The van der Waals surface area contributed by atoms with Crippen molar-refractivity contribution in [3.63, 3.8) is 0 Å². The largest absolute Gasteiger partial charge is 0.480 e. The molecule has 0 bridgehead atoms. The summed E-state index contributed by atoms with van der Waals surface area (Å²) in [4.78, 5) is 22.2. The molecule has 0 radical (unpaired) electrons. The van der Waals surface area contributed by atoms with Gasteiger partial charge in [0.25, 0.3) is 0 Å². The van der Waals surface area contributed by atoms with E-state index in [1.807, 2.05) is 0 Å². The number of hydrogen-bond donors (Lipinski definition) is 2. The first-order chi connectivity index (χ1) is 8.26. The lowest BCUT2D eigenvalue weighted by Crippen LogP contribution is -2.41. The van der Waals surface area contributed by atoms with E-state index >= 15 is 0 Å². The summed E-state index contributed by atoms with van der Waals surface area (Å²) in [6.07, 6.45) is 1.52. The molecule has 7 nitrogen and oxygen atoms in total. The van der Waals surface area contributed by atoms with Crippen LogP contribution in [0.15, 0.2) is 0 Å². The van der Waals surface area contributed by atoms with Gasteiger partial charge in [0.05, 0.1) is 5.75 Å². The second kappa shape index (κ2) is 8.04. The fourth-order valence-electron chi connectivity index (χ4n) is 1.23. The Labute approximate surface area is 106 Å². The molecule has 0 saturated heterocycles. The Kier molecular flexibility index (Phi) is 7.53. The predicted octanol–water partition coefficient (Wildman–Crippen LogP) is -0.583. The van der Waals surface area contributed by atoms with Gasteiger partial charge in [0.2, 0.25) is 5.91 Å². The molecule has 0 aromatic carbocycles. The number of rotatable bonds is 9. The summed E-state index contributed by atoms with van der Waals surface area (Å²) in [6.45, 7) is 0.411. The standard InChI is InChI=1S/C10H19NO6S/c1-17-6-3-4-9(12)11-8(10(13)14)5-7-18(2,15)16/h8H,3-7H2,1-2H3,(H,11,12)(H,13,14). The number of hydrogen-bond acceptors (Lipinski definition) is 5. The van der Waals surface area contributed by atoms with E-state index < -0.39 is 27.8 Å². The Balaban J connectivity index is 4.19. The van der Waals surface area contributed by atoms with Crippen molar-refractivity contribution >= 4 is 21.7 Å². The maximum absolute atomic E-state index is 11.4. The Morgan fingerprint density at radius 2 is 2.00 bits per heavy atom. The lowest BCUT2D eigenvalue weighted by Gasteiger charge is -2.13. The van der Waals surface area contributed by atoms with Gasteiger partial charge in [-0.05, 0) is 12.8 Å². The number of carboxylic acids is 1. The van der Waals surface area contributed by atoms with Gasteiger partial charge in [0.1, 0.15) is 15.9 Å². The van der Waals surface area contributed by atoms with E-state index in [1.54, 1.807) is 0 Å². The minimum absolute atomic E-state index is 0.135. The highest BCUT2D eigenvalue weighted by Gasteiger charge is 2.21. The van der Waals surface area contributed by atoms with Gasteiger partial charge < -0.3 is 15.2 Å². The van der Waals surface area contributed by atoms with E-state index in [-0.39, 0.29) is 18.6 Å². The highest BCUT2D eigenvalue weighted by molar-refractivity contribution is 7.90. The molecule has 1 atom stereocenters. The van der Waals surface area contributed by atoms with E-state index in [2.05, 4.69) is 5.32 Å². The van der Waals surface area contributed by atoms with Gasteiger partial charge in [-0.25, -0.2) is 13.2 Å². The summed E-state index contributed by atoms with van der Waals surface area (Å²) in [5, 5.41) is 11.1. The third-order valence-electron chi connectivity index (χ3n) is 2.16. The van der Waals surface area contributed by atoms with Gasteiger partial charge in [-0.2, -0.15) is 0 Å². The van der Waals surface area contributed by atoms with Crippen LogP contribution in [0.25, 0.3) is 0 Å². The number of ether oxygens (including phenoxy) is 1. The van der Waals surface area contributed by atoms with Crippen LogP contribution in [0.2, 0.25) is 0 Å². The number of amides is 1. The molecular formula is C10H19NO6S. The van der Waals surface area contributed by atoms with Crippen LogP contribution in [0.3, 0.4) is 0 Å². The molecule has 0 rings (SSSR count). The zero-order valence-electron chi connectivity index (χ0n) is 10.5. The molecule has 0 saturated carbocycles. The number of methoxy groups -OCH3 is 1. The highest BCUT2D eigenvalue weighted by atomic mass is 32.2. The van der Waals surface area contributed by atoms with Crippen molar-refractivity contribution in [2.45, 2.75) is 25.3 Å². The molecule has 106 valence electrons. The third-order valence-corrected chi connectivity index (χ3v) is 3.14. The van der Waals surface area contributed by atoms with Crippen molar-refractivity contribution in [3.8, 4) is 0 Å². The Bertz CT molecular complexity index is 378. The summed E-state index contributed by atoms with van der Waals surface area (Å²) in [5.41, 5.74) is 0.